The number of ether oxygens (including phenoxy) is 1. The molecule has 0 heterocycles. The van der Waals surface area contributed by atoms with Crippen molar-refractivity contribution in [1.82, 2.24) is 5.32 Å². The fraction of sp³-hybridized carbons (Fsp3) is 0.250. The van der Waals surface area contributed by atoms with Gasteiger partial charge in [-0.25, -0.2) is 0 Å². The zero-order valence-electron chi connectivity index (χ0n) is 14.6. The quantitative estimate of drug-likeness (QED) is 0.575. The van der Waals surface area contributed by atoms with Crippen molar-refractivity contribution in [3.8, 4) is 17.6 Å². The van der Waals surface area contributed by atoms with Crippen molar-refractivity contribution in [2.45, 2.75) is 18.0 Å². The summed E-state index contributed by atoms with van der Waals surface area (Å²) in [6.45, 7) is 2.06. The third-order valence-corrected chi connectivity index (χ3v) is 4.32. The normalized spacial score (nSPS) is 10.7. The Morgan fingerprint density at radius 3 is 2.67 bits per heavy atom. The summed E-state index contributed by atoms with van der Waals surface area (Å²) in [4.78, 5) is 13.1. The predicted molar refractivity (Wildman–Crippen MR) is 99.9 cm³/mol. The lowest BCUT2D eigenvalue weighted by Gasteiger charge is -2.08. The number of carbonyl (C=O) groups excluding carboxylic acids is 1. The number of halogens is 3. The number of hydrogen-bond acceptors (Lipinski definition) is 3. The number of benzene rings is 2. The number of carbonyl (C=O) groups is 1. The maximum absolute atomic E-state index is 12.6. The van der Waals surface area contributed by atoms with Crippen LogP contribution >= 0.6 is 11.8 Å². The summed E-state index contributed by atoms with van der Waals surface area (Å²) in [7, 11) is 0. The van der Waals surface area contributed by atoms with Crippen LogP contribution in [0.3, 0.4) is 0 Å². The summed E-state index contributed by atoms with van der Waals surface area (Å²) < 4.78 is 43.1. The highest BCUT2D eigenvalue weighted by Gasteiger charge is 2.30. The second-order valence-corrected chi connectivity index (χ2v) is 6.59. The van der Waals surface area contributed by atoms with Gasteiger partial charge in [0.1, 0.15) is 12.4 Å². The van der Waals surface area contributed by atoms with Gasteiger partial charge >= 0.3 is 6.18 Å². The third-order valence-electron chi connectivity index (χ3n) is 3.37. The first-order valence-electron chi connectivity index (χ1n) is 8.17. The Bertz CT molecular complexity index is 841. The van der Waals surface area contributed by atoms with Crippen LogP contribution in [0, 0.1) is 11.8 Å². The lowest BCUT2D eigenvalue weighted by molar-refractivity contribution is -0.137. The Kier molecular flexibility index (Phi) is 7.62. The molecule has 2 aromatic carbocycles. The van der Waals surface area contributed by atoms with Crippen LogP contribution in [0.15, 0.2) is 53.4 Å². The number of amides is 1. The largest absolute Gasteiger partial charge is 0.481 e. The zero-order chi connectivity index (χ0) is 19.7. The van der Waals surface area contributed by atoms with Crippen LogP contribution < -0.4 is 10.1 Å². The first kappa shape index (κ1) is 20.7. The molecule has 0 radical (unpaired) electrons. The number of rotatable bonds is 6. The van der Waals surface area contributed by atoms with Gasteiger partial charge in [0.15, 0.2) is 0 Å². The van der Waals surface area contributed by atoms with E-state index in [4.69, 9.17) is 4.74 Å². The van der Waals surface area contributed by atoms with Crippen LogP contribution in [0.25, 0.3) is 0 Å². The molecule has 2 rings (SSSR count). The van der Waals surface area contributed by atoms with Crippen LogP contribution in [0.2, 0.25) is 0 Å². The van der Waals surface area contributed by atoms with Gasteiger partial charge in [0, 0.05) is 4.90 Å². The number of thioether (sulfide) groups is 1. The van der Waals surface area contributed by atoms with E-state index in [9.17, 15) is 18.0 Å². The first-order chi connectivity index (χ1) is 12.9. The topological polar surface area (TPSA) is 38.3 Å². The maximum atomic E-state index is 12.6. The van der Waals surface area contributed by atoms with Crippen LogP contribution in [-0.4, -0.2) is 24.8 Å². The van der Waals surface area contributed by atoms with Crippen LogP contribution in [0.4, 0.5) is 13.2 Å². The first-order valence-corrected chi connectivity index (χ1v) is 9.16. The van der Waals surface area contributed by atoms with Crippen LogP contribution in [0.1, 0.15) is 22.8 Å². The van der Waals surface area contributed by atoms with Crippen LogP contribution in [-0.2, 0) is 6.18 Å². The molecule has 0 aromatic heterocycles. The molecule has 0 unspecified atom stereocenters. The highest BCUT2D eigenvalue weighted by atomic mass is 32.2. The smallest absolute Gasteiger partial charge is 0.416 e. The van der Waals surface area contributed by atoms with E-state index in [2.05, 4.69) is 17.2 Å². The Hall–Kier alpha value is -2.59. The van der Waals surface area contributed by atoms with Gasteiger partial charge in [0.25, 0.3) is 5.91 Å². The van der Waals surface area contributed by atoms with Crippen molar-refractivity contribution < 1.29 is 22.7 Å². The molecule has 0 fully saturated rings. The fourth-order valence-electron chi connectivity index (χ4n) is 2.15. The van der Waals surface area contributed by atoms with E-state index in [1.807, 2.05) is 19.1 Å². The van der Waals surface area contributed by atoms with Gasteiger partial charge in [0.05, 0.1) is 17.7 Å². The van der Waals surface area contributed by atoms with Gasteiger partial charge in [-0.2, -0.15) is 13.2 Å². The lowest BCUT2D eigenvalue weighted by Crippen LogP contribution is -2.24. The molecule has 1 amide bonds. The molecule has 0 aliphatic heterocycles. The SMILES string of the molecule is CCSc1ccccc1C(=O)NCC#CCOc1cccc(C(F)(F)F)c1. The minimum atomic E-state index is -4.41. The molecule has 0 bridgehead atoms. The molecule has 27 heavy (non-hydrogen) atoms. The minimum absolute atomic E-state index is 0.0700. The van der Waals surface area contributed by atoms with Crippen molar-refractivity contribution in [1.29, 1.82) is 0 Å². The van der Waals surface area contributed by atoms with E-state index in [-0.39, 0.29) is 24.8 Å². The fourth-order valence-corrected chi connectivity index (χ4v) is 2.95. The van der Waals surface area contributed by atoms with Gasteiger partial charge in [-0.1, -0.05) is 37.0 Å². The highest BCUT2D eigenvalue weighted by molar-refractivity contribution is 7.99. The van der Waals surface area contributed by atoms with E-state index >= 15 is 0 Å². The van der Waals surface area contributed by atoms with E-state index in [1.165, 1.54) is 12.1 Å². The molecule has 0 saturated heterocycles. The average molecular weight is 393 g/mol. The van der Waals surface area contributed by atoms with E-state index < -0.39 is 11.7 Å². The molecule has 0 aliphatic rings. The highest BCUT2D eigenvalue weighted by Crippen LogP contribution is 2.31. The van der Waals surface area contributed by atoms with E-state index in [0.29, 0.717) is 5.56 Å². The van der Waals surface area contributed by atoms with Crippen molar-refractivity contribution in [3.63, 3.8) is 0 Å². The summed E-state index contributed by atoms with van der Waals surface area (Å²) in [6, 6.07) is 11.9. The Labute approximate surface area is 160 Å². The Morgan fingerprint density at radius 2 is 1.93 bits per heavy atom. The zero-order valence-corrected chi connectivity index (χ0v) is 15.4. The average Bonchev–Trinajstić information content (AvgIpc) is 2.64. The van der Waals surface area contributed by atoms with Crippen molar-refractivity contribution in [3.05, 3.63) is 59.7 Å². The minimum Gasteiger partial charge on any atom is -0.481 e. The lowest BCUT2D eigenvalue weighted by atomic mass is 10.2. The number of nitrogens with one attached hydrogen (secondary N) is 1. The number of alkyl halides is 3. The van der Waals surface area contributed by atoms with Gasteiger partial charge in [-0.05, 0) is 36.1 Å². The second-order valence-electron chi connectivity index (χ2n) is 5.28. The molecule has 7 heteroatoms. The van der Waals surface area contributed by atoms with Gasteiger partial charge in [-0.15, -0.1) is 11.8 Å². The molecule has 0 aliphatic carbocycles. The molecule has 1 N–H and O–H groups in total. The van der Waals surface area contributed by atoms with Crippen molar-refractivity contribution >= 4 is 17.7 Å². The third kappa shape index (κ3) is 6.57. The summed E-state index contributed by atoms with van der Waals surface area (Å²) in [6.07, 6.45) is -4.41. The maximum Gasteiger partial charge on any atom is 0.416 e. The molecule has 0 atom stereocenters. The Balaban J connectivity index is 1.82. The summed E-state index contributed by atoms with van der Waals surface area (Å²) in [5.74, 6) is 6.11. The summed E-state index contributed by atoms with van der Waals surface area (Å²) >= 11 is 1.58. The van der Waals surface area contributed by atoms with Crippen LogP contribution in [0.5, 0.6) is 5.75 Å². The summed E-state index contributed by atoms with van der Waals surface area (Å²) in [5.41, 5.74) is -0.185. The standard InChI is InChI=1S/C20H18F3NO2S/c1-2-27-18-11-4-3-10-17(18)19(25)24-12-5-6-13-26-16-9-7-8-15(14-16)20(21,22)23/h3-4,7-11,14H,2,12-13H2,1H3,(H,24,25). The molecule has 0 saturated carbocycles. The summed E-state index contributed by atoms with van der Waals surface area (Å²) in [5, 5.41) is 2.70. The van der Waals surface area contributed by atoms with Gasteiger partial charge < -0.3 is 10.1 Å². The van der Waals surface area contributed by atoms with E-state index in [0.717, 1.165) is 22.8 Å². The molecule has 3 nitrogen and oxygen atoms in total. The van der Waals surface area contributed by atoms with Gasteiger partial charge in [-0.3, -0.25) is 4.79 Å². The molecular formula is C20H18F3NO2S. The Morgan fingerprint density at radius 1 is 1.15 bits per heavy atom. The second kappa shape index (κ2) is 9.93. The molecule has 0 spiro atoms. The van der Waals surface area contributed by atoms with E-state index in [1.54, 1.807) is 23.9 Å². The van der Waals surface area contributed by atoms with Crippen molar-refractivity contribution in [2.75, 3.05) is 18.9 Å². The van der Waals surface area contributed by atoms with Gasteiger partial charge in [0.2, 0.25) is 0 Å². The van der Waals surface area contributed by atoms with Crippen molar-refractivity contribution in [2.24, 2.45) is 0 Å². The molecule has 142 valence electrons. The molecular weight excluding hydrogens is 375 g/mol. The molecule has 2 aromatic rings. The monoisotopic (exact) mass is 393 g/mol. The number of hydrogen-bond donors (Lipinski definition) is 1. The predicted octanol–water partition coefficient (Wildman–Crippen LogP) is 4.63.